The van der Waals surface area contributed by atoms with Gasteiger partial charge in [0.15, 0.2) is 0 Å². The summed E-state index contributed by atoms with van der Waals surface area (Å²) in [5.74, 6) is -2.77. The zero-order valence-corrected chi connectivity index (χ0v) is 10.9. The molecule has 1 aromatic rings. The highest BCUT2D eigenvalue weighted by molar-refractivity contribution is 6.01. The number of methoxy groups -OCH3 is 2. The Kier molecular flexibility index (Phi) is 5.28. The second-order valence-corrected chi connectivity index (χ2v) is 3.55. The number of carboxylic acid groups (broad SMARTS) is 1. The maximum Gasteiger partial charge on any atom is 0.354 e. The first-order chi connectivity index (χ1) is 9.49. The van der Waals surface area contributed by atoms with Crippen molar-refractivity contribution in [1.29, 1.82) is 0 Å². The average molecular weight is 279 g/mol. The van der Waals surface area contributed by atoms with E-state index in [1.807, 2.05) is 0 Å². The lowest BCUT2D eigenvalue weighted by Crippen LogP contribution is -2.17. The molecule has 0 aromatic heterocycles. The third-order valence-electron chi connectivity index (χ3n) is 2.30. The molecule has 0 saturated carbocycles. The van der Waals surface area contributed by atoms with Crippen LogP contribution in [0.4, 0.5) is 5.69 Å². The van der Waals surface area contributed by atoms with Gasteiger partial charge in [0.2, 0.25) is 0 Å². The standard InChI is InChI=1S/C13H13NO6/c1-19-11(15)7-10(13(18)20-2)14-9-6-4-3-5-8(9)12(16)17/h3-7,14H,1-2H3,(H,16,17)/b10-7-. The quantitative estimate of drug-likeness (QED) is 0.613. The Bertz CT molecular complexity index is 564. The second kappa shape index (κ2) is 6.93. The first kappa shape index (κ1) is 15.2. The number of anilines is 1. The Hall–Kier alpha value is -2.83. The fraction of sp³-hybridized carbons (Fsp3) is 0.154. The minimum absolute atomic E-state index is 0.0489. The molecule has 0 spiro atoms. The predicted molar refractivity (Wildman–Crippen MR) is 69.1 cm³/mol. The van der Waals surface area contributed by atoms with E-state index in [0.29, 0.717) is 0 Å². The Balaban J connectivity index is 3.14. The lowest BCUT2D eigenvalue weighted by Gasteiger charge is -2.11. The van der Waals surface area contributed by atoms with Gasteiger partial charge in [0.1, 0.15) is 5.70 Å². The summed E-state index contributed by atoms with van der Waals surface area (Å²) in [6.45, 7) is 0. The summed E-state index contributed by atoms with van der Waals surface area (Å²) in [4.78, 5) is 33.8. The van der Waals surface area contributed by atoms with E-state index >= 15 is 0 Å². The fourth-order valence-electron chi connectivity index (χ4n) is 1.36. The highest BCUT2D eigenvalue weighted by Gasteiger charge is 2.16. The molecule has 7 heteroatoms. The van der Waals surface area contributed by atoms with Gasteiger partial charge in [0, 0.05) is 0 Å². The molecule has 7 nitrogen and oxygen atoms in total. The van der Waals surface area contributed by atoms with Crippen molar-refractivity contribution in [2.24, 2.45) is 0 Å². The normalized spacial score (nSPS) is 10.6. The van der Waals surface area contributed by atoms with Gasteiger partial charge in [-0.1, -0.05) is 12.1 Å². The Morgan fingerprint density at radius 3 is 2.35 bits per heavy atom. The van der Waals surface area contributed by atoms with Crippen LogP contribution in [-0.2, 0) is 19.1 Å². The number of hydrogen-bond acceptors (Lipinski definition) is 6. The molecule has 2 N–H and O–H groups in total. The van der Waals surface area contributed by atoms with Crippen molar-refractivity contribution < 1.29 is 29.0 Å². The molecule has 0 aliphatic carbocycles. The third kappa shape index (κ3) is 3.84. The van der Waals surface area contributed by atoms with Crippen molar-refractivity contribution >= 4 is 23.6 Å². The first-order valence-corrected chi connectivity index (χ1v) is 5.47. The molecule has 0 aliphatic rings. The Morgan fingerprint density at radius 2 is 1.80 bits per heavy atom. The van der Waals surface area contributed by atoms with E-state index in [1.165, 1.54) is 18.2 Å². The number of ether oxygens (including phenoxy) is 2. The first-order valence-electron chi connectivity index (χ1n) is 5.47. The van der Waals surface area contributed by atoms with E-state index in [0.717, 1.165) is 20.3 Å². The van der Waals surface area contributed by atoms with E-state index in [-0.39, 0.29) is 16.9 Å². The summed E-state index contributed by atoms with van der Waals surface area (Å²) in [6.07, 6.45) is 0.879. The monoisotopic (exact) mass is 279 g/mol. The van der Waals surface area contributed by atoms with Crippen LogP contribution in [0.15, 0.2) is 36.0 Å². The van der Waals surface area contributed by atoms with Crippen LogP contribution in [0, 0.1) is 0 Å². The molecular weight excluding hydrogens is 266 g/mol. The van der Waals surface area contributed by atoms with Gasteiger partial charge >= 0.3 is 17.9 Å². The number of rotatable bonds is 5. The molecule has 0 saturated heterocycles. The molecule has 0 aliphatic heterocycles. The number of nitrogens with one attached hydrogen (secondary N) is 1. The average Bonchev–Trinajstić information content (AvgIpc) is 2.45. The van der Waals surface area contributed by atoms with Crippen LogP contribution >= 0.6 is 0 Å². The molecular formula is C13H13NO6. The topological polar surface area (TPSA) is 102 Å². The summed E-state index contributed by atoms with van der Waals surface area (Å²) in [6, 6.07) is 5.94. The third-order valence-corrected chi connectivity index (χ3v) is 2.30. The van der Waals surface area contributed by atoms with Gasteiger partial charge in [-0.3, -0.25) is 0 Å². The smallest absolute Gasteiger partial charge is 0.354 e. The van der Waals surface area contributed by atoms with Crippen LogP contribution in [-0.4, -0.2) is 37.2 Å². The van der Waals surface area contributed by atoms with E-state index in [2.05, 4.69) is 14.8 Å². The van der Waals surface area contributed by atoms with Crippen LogP contribution in [0.5, 0.6) is 0 Å². The molecule has 1 rings (SSSR count). The highest BCUT2D eigenvalue weighted by Crippen LogP contribution is 2.17. The molecule has 106 valence electrons. The van der Waals surface area contributed by atoms with Crippen LogP contribution in [0.3, 0.4) is 0 Å². The summed E-state index contributed by atoms with van der Waals surface area (Å²) in [7, 11) is 2.29. The van der Waals surface area contributed by atoms with Crippen LogP contribution in [0.2, 0.25) is 0 Å². The second-order valence-electron chi connectivity index (χ2n) is 3.55. The molecule has 0 amide bonds. The molecule has 0 heterocycles. The lowest BCUT2D eigenvalue weighted by atomic mass is 10.1. The summed E-state index contributed by atoms with van der Waals surface area (Å²) in [5, 5.41) is 11.6. The van der Waals surface area contributed by atoms with Crippen LogP contribution in [0.1, 0.15) is 10.4 Å². The zero-order valence-electron chi connectivity index (χ0n) is 10.9. The van der Waals surface area contributed by atoms with Gasteiger partial charge in [0.25, 0.3) is 0 Å². The van der Waals surface area contributed by atoms with Crippen LogP contribution < -0.4 is 5.32 Å². The van der Waals surface area contributed by atoms with Crippen molar-refractivity contribution in [2.45, 2.75) is 0 Å². The molecule has 0 bridgehead atoms. The fourth-order valence-corrected chi connectivity index (χ4v) is 1.36. The van der Waals surface area contributed by atoms with Crippen molar-refractivity contribution in [3.63, 3.8) is 0 Å². The van der Waals surface area contributed by atoms with Crippen molar-refractivity contribution in [1.82, 2.24) is 0 Å². The summed E-state index contributed by atoms with van der Waals surface area (Å²) >= 11 is 0. The van der Waals surface area contributed by atoms with Gasteiger partial charge in [0.05, 0.1) is 31.5 Å². The molecule has 0 unspecified atom stereocenters. The SMILES string of the molecule is COC(=O)/C=C(\Nc1ccccc1C(=O)O)C(=O)OC. The van der Waals surface area contributed by atoms with Crippen molar-refractivity contribution in [2.75, 3.05) is 19.5 Å². The number of hydrogen-bond donors (Lipinski definition) is 2. The minimum Gasteiger partial charge on any atom is -0.478 e. The number of aromatic carboxylic acids is 1. The maximum absolute atomic E-state index is 11.5. The van der Waals surface area contributed by atoms with Gasteiger partial charge in [-0.2, -0.15) is 0 Å². The molecule has 0 radical (unpaired) electrons. The van der Waals surface area contributed by atoms with E-state index < -0.39 is 17.9 Å². The molecule has 1 aromatic carbocycles. The molecule has 20 heavy (non-hydrogen) atoms. The van der Waals surface area contributed by atoms with E-state index in [4.69, 9.17) is 5.11 Å². The predicted octanol–water partition coefficient (Wildman–Crippen LogP) is 1.03. The Morgan fingerprint density at radius 1 is 1.15 bits per heavy atom. The molecule has 0 fully saturated rings. The number of esters is 2. The lowest BCUT2D eigenvalue weighted by molar-refractivity contribution is -0.138. The molecule has 0 atom stereocenters. The highest BCUT2D eigenvalue weighted by atomic mass is 16.5. The number of para-hydroxylation sites is 1. The Labute approximate surface area is 114 Å². The van der Waals surface area contributed by atoms with Crippen LogP contribution in [0.25, 0.3) is 0 Å². The van der Waals surface area contributed by atoms with E-state index in [9.17, 15) is 14.4 Å². The zero-order chi connectivity index (χ0) is 15.1. The van der Waals surface area contributed by atoms with Gasteiger partial charge in [-0.15, -0.1) is 0 Å². The number of carbonyl (C=O) groups excluding carboxylic acids is 2. The summed E-state index contributed by atoms with van der Waals surface area (Å²) < 4.78 is 8.92. The van der Waals surface area contributed by atoms with Crippen molar-refractivity contribution in [3.8, 4) is 0 Å². The summed E-state index contributed by atoms with van der Waals surface area (Å²) in [5.41, 5.74) is -0.124. The minimum atomic E-state index is -1.17. The number of carboxylic acids is 1. The largest absolute Gasteiger partial charge is 0.478 e. The number of benzene rings is 1. The van der Waals surface area contributed by atoms with E-state index in [1.54, 1.807) is 6.07 Å². The van der Waals surface area contributed by atoms with Gasteiger partial charge in [-0.25, -0.2) is 14.4 Å². The van der Waals surface area contributed by atoms with Gasteiger partial charge in [-0.05, 0) is 12.1 Å². The maximum atomic E-state index is 11.5. The van der Waals surface area contributed by atoms with Gasteiger partial charge < -0.3 is 19.9 Å². The number of carbonyl (C=O) groups is 3. The van der Waals surface area contributed by atoms with Crippen molar-refractivity contribution in [3.05, 3.63) is 41.6 Å².